The summed E-state index contributed by atoms with van der Waals surface area (Å²) >= 11 is 12.1. The number of carbonyl (C=O) groups excluding carboxylic acids is 2. The number of fused-ring (bicyclic) bond motifs is 2. The van der Waals surface area contributed by atoms with Gasteiger partial charge in [0.2, 0.25) is 0 Å². The van der Waals surface area contributed by atoms with Crippen LogP contribution >= 0.6 is 23.2 Å². The second kappa shape index (κ2) is 8.48. The van der Waals surface area contributed by atoms with Crippen LogP contribution in [0.15, 0.2) is 42.6 Å². The van der Waals surface area contributed by atoms with Crippen molar-refractivity contribution in [2.24, 2.45) is 0 Å². The minimum Gasteiger partial charge on any atom is -0.436 e. The molecule has 2 amide bonds. The molecule has 2 aliphatic rings. The predicted octanol–water partition coefficient (Wildman–Crippen LogP) is 4.65. The van der Waals surface area contributed by atoms with Gasteiger partial charge < -0.3 is 15.4 Å². The fourth-order valence-corrected chi connectivity index (χ4v) is 4.98. The van der Waals surface area contributed by atoms with Crippen LogP contribution < -0.4 is 11.1 Å². The zero-order valence-electron chi connectivity index (χ0n) is 17.9. The van der Waals surface area contributed by atoms with Gasteiger partial charge in [-0.1, -0.05) is 35.3 Å². The Morgan fingerprint density at radius 3 is 2.91 bits per heavy atom. The Balaban J connectivity index is 1.44. The van der Waals surface area contributed by atoms with Crippen molar-refractivity contribution in [1.29, 1.82) is 0 Å². The Bertz CT molecular complexity index is 1310. The van der Waals surface area contributed by atoms with Crippen molar-refractivity contribution in [1.82, 2.24) is 14.7 Å². The minimum atomic E-state index is -1.36. The molecule has 0 bridgehead atoms. The third-order valence-corrected chi connectivity index (χ3v) is 6.68. The lowest BCUT2D eigenvalue weighted by molar-refractivity contribution is -0.0418. The second-order valence-corrected chi connectivity index (χ2v) is 9.20. The van der Waals surface area contributed by atoms with E-state index in [1.807, 2.05) is 12.1 Å². The molecule has 5 rings (SSSR count). The first kappa shape index (κ1) is 22.5. The lowest BCUT2D eigenvalue weighted by atomic mass is 9.83. The van der Waals surface area contributed by atoms with E-state index in [0.29, 0.717) is 31.0 Å². The summed E-state index contributed by atoms with van der Waals surface area (Å²) in [6.45, 7) is 0.689. The molecule has 0 unspecified atom stereocenters. The molecule has 2 aromatic carbocycles. The average Bonchev–Trinajstić information content (AvgIpc) is 3.15. The van der Waals surface area contributed by atoms with E-state index in [4.69, 9.17) is 33.7 Å². The number of carbonyl (C=O) groups is 2. The lowest BCUT2D eigenvalue weighted by Gasteiger charge is -2.45. The number of piperidine rings is 1. The van der Waals surface area contributed by atoms with Gasteiger partial charge in [-0.2, -0.15) is 5.10 Å². The summed E-state index contributed by atoms with van der Waals surface area (Å²) in [5.74, 6) is -0.865. The van der Waals surface area contributed by atoms with Gasteiger partial charge in [-0.15, -0.1) is 0 Å². The number of likely N-dealkylation sites (tertiary alicyclic amines) is 1. The van der Waals surface area contributed by atoms with Gasteiger partial charge in [0.1, 0.15) is 11.4 Å². The number of halogens is 3. The van der Waals surface area contributed by atoms with E-state index in [2.05, 4.69) is 10.4 Å². The smallest absolute Gasteiger partial charge is 0.412 e. The molecule has 1 saturated heterocycles. The lowest BCUT2D eigenvalue weighted by Crippen LogP contribution is -2.53. The monoisotopic (exact) mass is 503 g/mol. The summed E-state index contributed by atoms with van der Waals surface area (Å²) in [5.41, 5.74) is 6.41. The zero-order chi connectivity index (χ0) is 24.0. The third kappa shape index (κ3) is 3.84. The molecule has 3 heterocycles. The Morgan fingerprint density at radius 1 is 1.29 bits per heavy atom. The number of ether oxygens (including phenoxy) is 1. The quantitative estimate of drug-likeness (QED) is 0.541. The largest absolute Gasteiger partial charge is 0.436 e. The molecule has 0 aliphatic carbocycles. The second-order valence-electron chi connectivity index (χ2n) is 8.35. The molecule has 8 nitrogen and oxygen atoms in total. The van der Waals surface area contributed by atoms with Gasteiger partial charge in [0.15, 0.2) is 11.4 Å². The highest BCUT2D eigenvalue weighted by molar-refractivity contribution is 6.31. The van der Waals surface area contributed by atoms with Crippen LogP contribution in [0.5, 0.6) is 0 Å². The van der Waals surface area contributed by atoms with E-state index < -0.39 is 17.5 Å². The van der Waals surface area contributed by atoms with Crippen molar-refractivity contribution in [3.63, 3.8) is 0 Å². The highest BCUT2D eigenvalue weighted by Gasteiger charge is 2.48. The van der Waals surface area contributed by atoms with Crippen LogP contribution in [0.25, 0.3) is 0 Å². The molecule has 1 spiro atoms. The fraction of sp³-hybridized carbons (Fsp3) is 0.261. The van der Waals surface area contributed by atoms with Crippen LogP contribution in [0.3, 0.4) is 0 Å². The summed E-state index contributed by atoms with van der Waals surface area (Å²) in [4.78, 5) is 27.2. The normalized spacial score (nSPS) is 19.5. The van der Waals surface area contributed by atoms with E-state index in [9.17, 15) is 9.59 Å². The van der Waals surface area contributed by atoms with Crippen molar-refractivity contribution in [2.75, 3.05) is 24.1 Å². The van der Waals surface area contributed by atoms with Crippen molar-refractivity contribution in [2.45, 2.75) is 25.0 Å². The van der Waals surface area contributed by atoms with Crippen LogP contribution in [0, 0.1) is 5.82 Å². The Labute approximate surface area is 204 Å². The highest BCUT2D eigenvalue weighted by atomic mass is 35.5. The van der Waals surface area contributed by atoms with Crippen LogP contribution in [-0.2, 0) is 16.9 Å². The van der Waals surface area contributed by atoms with Gasteiger partial charge in [-0.05, 0) is 42.7 Å². The summed E-state index contributed by atoms with van der Waals surface area (Å²) in [7, 11) is 0. The molecule has 1 fully saturated rings. The van der Waals surface area contributed by atoms with Crippen molar-refractivity contribution < 1.29 is 18.7 Å². The van der Waals surface area contributed by atoms with E-state index in [1.54, 1.807) is 12.1 Å². The zero-order valence-corrected chi connectivity index (χ0v) is 19.4. The van der Waals surface area contributed by atoms with Gasteiger partial charge in [-0.3, -0.25) is 10.1 Å². The summed E-state index contributed by atoms with van der Waals surface area (Å²) < 4.78 is 22.2. The highest BCUT2D eigenvalue weighted by Crippen LogP contribution is 2.45. The Hall–Kier alpha value is -3.30. The standard InChI is InChI=1S/C23H20Cl2FN5O3/c24-14-4-1-3-13(9-14)11-31-20(27)15(10-28-31)21(32)30-8-2-7-23(12-30)18-17(29-22(33)34-23)6-5-16(25)19(18)26/h1,3-6,9-10H,2,7-8,11-12,27H2,(H,29,33)/t23-/m0/s1. The molecule has 34 heavy (non-hydrogen) atoms. The average molecular weight is 504 g/mol. The molecule has 11 heteroatoms. The number of anilines is 2. The van der Waals surface area contributed by atoms with Gasteiger partial charge in [0, 0.05) is 11.6 Å². The Morgan fingerprint density at radius 2 is 2.12 bits per heavy atom. The predicted molar refractivity (Wildman–Crippen MR) is 126 cm³/mol. The van der Waals surface area contributed by atoms with Crippen LogP contribution in [0.4, 0.5) is 20.7 Å². The molecule has 1 aromatic heterocycles. The number of benzene rings is 2. The topological polar surface area (TPSA) is 102 Å². The van der Waals surface area contributed by atoms with E-state index in [-0.39, 0.29) is 40.1 Å². The maximum atomic E-state index is 15.1. The van der Waals surface area contributed by atoms with Crippen molar-refractivity contribution in [3.8, 4) is 0 Å². The first-order valence-electron chi connectivity index (χ1n) is 10.6. The minimum absolute atomic E-state index is 0.0393. The molecule has 1 atom stereocenters. The van der Waals surface area contributed by atoms with Gasteiger partial charge in [0.25, 0.3) is 5.91 Å². The molecular weight excluding hydrogens is 484 g/mol. The molecule has 0 saturated carbocycles. The van der Waals surface area contributed by atoms with Crippen LogP contribution in [0.1, 0.15) is 34.3 Å². The number of nitrogens with two attached hydrogens (primary N) is 1. The van der Waals surface area contributed by atoms with Gasteiger partial charge in [0.05, 0.1) is 35.6 Å². The first-order valence-corrected chi connectivity index (χ1v) is 11.4. The molecule has 0 radical (unpaired) electrons. The Kier molecular flexibility index (Phi) is 5.61. The fourth-order valence-electron chi connectivity index (χ4n) is 4.61. The number of nitrogen functional groups attached to an aromatic ring is 1. The molecular formula is C23H20Cl2FN5O3. The summed E-state index contributed by atoms with van der Waals surface area (Å²) in [6.07, 6.45) is 1.53. The molecule has 176 valence electrons. The number of rotatable bonds is 3. The molecule has 3 aromatic rings. The van der Waals surface area contributed by atoms with E-state index in [0.717, 1.165) is 5.56 Å². The summed E-state index contributed by atoms with van der Waals surface area (Å²) in [6, 6.07) is 10.2. The number of hydrogen-bond donors (Lipinski definition) is 2. The summed E-state index contributed by atoms with van der Waals surface area (Å²) in [5, 5.41) is 7.27. The van der Waals surface area contributed by atoms with Crippen LogP contribution in [0.2, 0.25) is 10.0 Å². The van der Waals surface area contributed by atoms with E-state index >= 15 is 4.39 Å². The van der Waals surface area contributed by atoms with Gasteiger partial charge >= 0.3 is 6.09 Å². The van der Waals surface area contributed by atoms with Gasteiger partial charge in [-0.25, -0.2) is 13.9 Å². The number of amides is 2. The number of aromatic nitrogens is 2. The molecule has 3 N–H and O–H groups in total. The maximum Gasteiger partial charge on any atom is 0.412 e. The first-order chi connectivity index (χ1) is 16.3. The van der Waals surface area contributed by atoms with Crippen molar-refractivity contribution in [3.05, 3.63) is 75.1 Å². The maximum absolute atomic E-state index is 15.1. The van der Waals surface area contributed by atoms with E-state index in [1.165, 1.54) is 27.9 Å². The van der Waals surface area contributed by atoms with Crippen LogP contribution in [-0.4, -0.2) is 39.8 Å². The third-order valence-electron chi connectivity index (χ3n) is 6.15. The molecule has 2 aliphatic heterocycles. The SMILES string of the molecule is Nc1c(C(=O)N2CCC[C@@]3(C2)OC(=O)Nc2ccc(Cl)c(F)c23)cnn1Cc1cccc(Cl)c1. The number of hydrogen-bond acceptors (Lipinski definition) is 5. The number of nitrogens with zero attached hydrogens (tertiary/aromatic N) is 3. The van der Waals surface area contributed by atoms with Crippen molar-refractivity contribution >= 4 is 46.7 Å². The number of nitrogens with one attached hydrogen (secondary N) is 1.